The van der Waals surface area contributed by atoms with Crippen LogP contribution in [0.1, 0.15) is 17.3 Å². The van der Waals surface area contributed by atoms with Crippen molar-refractivity contribution in [1.82, 2.24) is 14.4 Å². The van der Waals surface area contributed by atoms with Gasteiger partial charge in [-0.1, -0.05) is 34.3 Å². The molecular formula is C17H16Cl2N5O2+. The van der Waals surface area contributed by atoms with Gasteiger partial charge >= 0.3 is 12.0 Å². The fraction of sp³-hybridized carbons (Fsp3) is 0.294. The number of nitrogens with zero attached hydrogens (tertiary/aromatic N) is 5. The van der Waals surface area contributed by atoms with E-state index in [0.29, 0.717) is 27.4 Å². The van der Waals surface area contributed by atoms with Crippen LogP contribution in [0.25, 0.3) is 0 Å². The van der Waals surface area contributed by atoms with Crippen molar-refractivity contribution in [2.75, 3.05) is 7.05 Å². The smallest absolute Gasteiger partial charge is 0.270 e. The van der Waals surface area contributed by atoms with Gasteiger partial charge < -0.3 is 0 Å². The highest BCUT2D eigenvalue weighted by molar-refractivity contribution is 6.35. The zero-order valence-electron chi connectivity index (χ0n) is 14.4. The first-order valence-electron chi connectivity index (χ1n) is 7.98. The van der Waals surface area contributed by atoms with Crippen molar-refractivity contribution < 1.29 is 14.2 Å². The van der Waals surface area contributed by atoms with E-state index in [-0.39, 0.29) is 12.5 Å². The van der Waals surface area contributed by atoms with Crippen molar-refractivity contribution in [3.05, 3.63) is 45.7 Å². The van der Waals surface area contributed by atoms with Crippen molar-refractivity contribution in [2.24, 2.45) is 12.0 Å². The van der Waals surface area contributed by atoms with E-state index in [4.69, 9.17) is 23.2 Å². The molecule has 3 amide bonds. The van der Waals surface area contributed by atoms with E-state index in [0.717, 1.165) is 5.69 Å². The molecule has 7 nitrogen and oxygen atoms in total. The minimum absolute atomic E-state index is 0.0729. The van der Waals surface area contributed by atoms with Crippen LogP contribution in [0.3, 0.4) is 0 Å². The van der Waals surface area contributed by atoms with E-state index in [1.807, 2.05) is 24.7 Å². The van der Waals surface area contributed by atoms with E-state index >= 15 is 0 Å². The summed E-state index contributed by atoms with van der Waals surface area (Å²) < 4.78 is 3.68. The number of aliphatic imine (C=N–C) groups is 1. The number of hydrogen-bond donors (Lipinski definition) is 0. The third kappa shape index (κ3) is 2.34. The van der Waals surface area contributed by atoms with Gasteiger partial charge in [-0.3, -0.25) is 14.6 Å². The quantitative estimate of drug-likeness (QED) is 0.737. The summed E-state index contributed by atoms with van der Waals surface area (Å²) in [5.74, 6) is 0.748. The number of carbonyl (C=O) groups is 2. The van der Waals surface area contributed by atoms with Gasteiger partial charge in [0.1, 0.15) is 11.9 Å². The maximum absolute atomic E-state index is 13.1. The minimum Gasteiger partial charge on any atom is -0.270 e. The number of halogens is 2. The minimum atomic E-state index is -0.654. The monoisotopic (exact) mass is 392 g/mol. The van der Waals surface area contributed by atoms with Crippen molar-refractivity contribution >= 4 is 46.9 Å². The molecule has 2 aliphatic heterocycles. The van der Waals surface area contributed by atoms with Crippen molar-refractivity contribution in [2.45, 2.75) is 19.5 Å². The van der Waals surface area contributed by atoms with Gasteiger partial charge in [-0.25, -0.2) is 13.9 Å². The van der Waals surface area contributed by atoms with Gasteiger partial charge in [0, 0.05) is 17.1 Å². The molecule has 2 aromatic rings. The fourth-order valence-corrected chi connectivity index (χ4v) is 3.73. The lowest BCUT2D eigenvalue weighted by molar-refractivity contribution is -0.677. The molecule has 134 valence electrons. The second kappa shape index (κ2) is 5.82. The Kier molecular flexibility index (Phi) is 3.82. The van der Waals surface area contributed by atoms with Crippen LogP contribution < -0.4 is 4.57 Å². The molecule has 1 aromatic heterocycles. The Morgan fingerprint density at radius 3 is 2.65 bits per heavy atom. The average molecular weight is 393 g/mol. The van der Waals surface area contributed by atoms with Gasteiger partial charge in [-0.05, 0) is 24.6 Å². The predicted molar refractivity (Wildman–Crippen MR) is 96.6 cm³/mol. The molecular weight excluding hydrogens is 377 g/mol. The van der Waals surface area contributed by atoms with Crippen LogP contribution in [0.15, 0.2) is 29.4 Å². The van der Waals surface area contributed by atoms with E-state index < -0.39 is 12.1 Å². The van der Waals surface area contributed by atoms with Gasteiger partial charge in [-0.15, -0.1) is 0 Å². The Hall–Kier alpha value is -2.38. The Bertz CT molecular complexity index is 997. The van der Waals surface area contributed by atoms with Gasteiger partial charge in [0.15, 0.2) is 0 Å². The summed E-state index contributed by atoms with van der Waals surface area (Å²) in [6.45, 7) is 2.01. The highest BCUT2D eigenvalue weighted by atomic mass is 35.5. The number of aryl methyl sites for hydroxylation is 1. The van der Waals surface area contributed by atoms with Crippen LogP contribution in [0.2, 0.25) is 10.0 Å². The third-order valence-corrected chi connectivity index (χ3v) is 5.42. The maximum atomic E-state index is 13.1. The Morgan fingerprint density at radius 2 is 1.96 bits per heavy atom. The van der Waals surface area contributed by atoms with E-state index in [2.05, 4.69) is 4.99 Å². The normalized spacial score (nSPS) is 19.0. The molecule has 0 saturated carbocycles. The van der Waals surface area contributed by atoms with Crippen LogP contribution in [0, 0.1) is 6.92 Å². The number of aromatic nitrogens is 2. The number of carbonyl (C=O) groups excluding carboxylic acids is 2. The summed E-state index contributed by atoms with van der Waals surface area (Å²) in [6.07, 6.45) is 1.87. The van der Waals surface area contributed by atoms with Gasteiger partial charge in [0.25, 0.3) is 5.91 Å². The molecule has 1 fully saturated rings. The molecule has 0 radical (unpaired) electrons. The van der Waals surface area contributed by atoms with Crippen LogP contribution in [0.4, 0.5) is 10.7 Å². The summed E-state index contributed by atoms with van der Waals surface area (Å²) in [5, 5.41) is 0.910. The number of hydrogen-bond acceptors (Lipinski definition) is 3. The molecule has 1 aromatic carbocycles. The summed E-state index contributed by atoms with van der Waals surface area (Å²) >= 11 is 12.1. The number of urea groups is 1. The number of amidine groups is 1. The number of likely N-dealkylation sites (N-methyl/N-ethyl adjacent to an activating group) is 1. The van der Waals surface area contributed by atoms with Crippen molar-refractivity contribution in [3.8, 4) is 0 Å². The Morgan fingerprint density at radius 1 is 1.23 bits per heavy atom. The molecule has 0 aliphatic carbocycles. The number of imidazole rings is 1. The molecule has 3 heterocycles. The van der Waals surface area contributed by atoms with Crippen LogP contribution in [0.5, 0.6) is 0 Å². The third-order valence-electron chi connectivity index (χ3n) is 4.83. The zero-order valence-corrected chi connectivity index (χ0v) is 15.9. The fourth-order valence-electron chi connectivity index (χ4n) is 3.26. The molecule has 1 atom stereocenters. The topological polar surface area (TPSA) is 61.8 Å². The van der Waals surface area contributed by atoms with Gasteiger partial charge in [0.05, 0.1) is 13.6 Å². The molecule has 1 saturated heterocycles. The van der Waals surface area contributed by atoms with Crippen molar-refractivity contribution in [3.63, 3.8) is 0 Å². The van der Waals surface area contributed by atoms with Crippen LogP contribution in [-0.2, 0) is 18.4 Å². The predicted octanol–water partition coefficient (Wildman–Crippen LogP) is 2.61. The molecule has 1 unspecified atom stereocenters. The molecule has 2 aliphatic rings. The highest BCUT2D eigenvalue weighted by Crippen LogP contribution is 2.30. The lowest BCUT2D eigenvalue weighted by Gasteiger charge is -2.33. The number of benzene rings is 1. The Labute approximate surface area is 160 Å². The van der Waals surface area contributed by atoms with E-state index in [9.17, 15) is 9.59 Å². The lowest BCUT2D eigenvalue weighted by atomic mass is 10.1. The van der Waals surface area contributed by atoms with Gasteiger partial charge in [-0.2, -0.15) is 0 Å². The van der Waals surface area contributed by atoms with Crippen LogP contribution in [-0.4, -0.2) is 39.2 Å². The molecule has 26 heavy (non-hydrogen) atoms. The first kappa shape index (κ1) is 17.1. The highest BCUT2D eigenvalue weighted by Gasteiger charge is 2.52. The molecule has 0 bridgehead atoms. The maximum Gasteiger partial charge on any atom is 0.401 e. The van der Waals surface area contributed by atoms with Crippen LogP contribution >= 0.6 is 23.2 Å². The summed E-state index contributed by atoms with van der Waals surface area (Å²) in [6, 6.07) is 3.91. The zero-order chi connectivity index (χ0) is 18.7. The SMILES string of the molecule is Cc1c[n+]2c(n1C)N=C1C2C(=O)N(Cc2ccc(Cl)cc2Cl)C(=O)N1C. The number of imide groups is 1. The molecule has 9 heteroatoms. The summed E-state index contributed by atoms with van der Waals surface area (Å²) in [7, 11) is 3.50. The number of rotatable bonds is 2. The molecule has 4 rings (SSSR count). The number of amides is 3. The first-order chi connectivity index (χ1) is 12.3. The first-order valence-corrected chi connectivity index (χ1v) is 8.74. The molecule has 0 N–H and O–H groups in total. The molecule has 0 spiro atoms. The lowest BCUT2D eigenvalue weighted by Crippen LogP contribution is -2.62. The summed E-state index contributed by atoms with van der Waals surface area (Å²) in [5.41, 5.74) is 1.63. The summed E-state index contributed by atoms with van der Waals surface area (Å²) in [4.78, 5) is 33.0. The second-order valence-electron chi connectivity index (χ2n) is 6.41. The Balaban J connectivity index is 1.73. The second-order valence-corrected chi connectivity index (χ2v) is 7.25. The number of fused-ring (bicyclic) bond motifs is 3. The van der Waals surface area contributed by atoms with Gasteiger partial charge in [0.2, 0.25) is 11.9 Å². The standard InChI is InChI=1S/C17H16Cl2N5O2/c1-9-7-23-13-14(20-16(23)21(9)2)22(3)17(26)24(15(13)25)8-10-4-5-11(18)6-12(10)19/h4-7,13H,8H2,1-3H3/q+1. The van der Waals surface area contributed by atoms with E-state index in [1.165, 1.54) is 9.80 Å². The van der Waals surface area contributed by atoms with Crippen molar-refractivity contribution in [1.29, 1.82) is 0 Å². The van der Waals surface area contributed by atoms with E-state index in [1.54, 1.807) is 29.8 Å². The average Bonchev–Trinajstić information content (AvgIpc) is 3.09. The largest absolute Gasteiger partial charge is 0.401 e.